The average molecular weight is 208 g/mol. The van der Waals surface area contributed by atoms with Gasteiger partial charge in [-0.05, 0) is 12.1 Å². The molecule has 0 amide bonds. The van der Waals surface area contributed by atoms with Gasteiger partial charge in [0, 0.05) is 0 Å². The molecule has 0 aliphatic heterocycles. The third-order valence-electron chi connectivity index (χ3n) is 1.20. The Balaban J connectivity index is 3.17. The van der Waals surface area contributed by atoms with Crippen LogP contribution in [0.4, 0.5) is 5.69 Å². The standard InChI is InChI=1S/C6H3Cl2NO3/c7-5-2-1-4(12-8)3-6(5)9(10)11/h1-3H. The number of hydrogen-bond donors (Lipinski definition) is 0. The molecular weight excluding hydrogens is 205 g/mol. The van der Waals surface area contributed by atoms with Gasteiger partial charge in [-0.3, -0.25) is 10.1 Å². The van der Waals surface area contributed by atoms with E-state index in [4.69, 9.17) is 23.5 Å². The Kier molecular flexibility index (Phi) is 2.73. The van der Waals surface area contributed by atoms with Crippen LogP contribution in [0.1, 0.15) is 0 Å². The van der Waals surface area contributed by atoms with Gasteiger partial charge in [-0.1, -0.05) is 11.6 Å². The summed E-state index contributed by atoms with van der Waals surface area (Å²) in [5.74, 6) is 0.188. The van der Waals surface area contributed by atoms with E-state index in [2.05, 4.69) is 4.29 Å². The van der Waals surface area contributed by atoms with E-state index >= 15 is 0 Å². The lowest BCUT2D eigenvalue weighted by molar-refractivity contribution is -0.384. The highest BCUT2D eigenvalue weighted by Gasteiger charge is 2.12. The SMILES string of the molecule is O=[N+]([O-])c1cc(OCl)ccc1Cl. The lowest BCUT2D eigenvalue weighted by Crippen LogP contribution is -1.89. The summed E-state index contributed by atoms with van der Waals surface area (Å²) in [6.45, 7) is 0. The first-order valence-electron chi connectivity index (χ1n) is 2.87. The highest BCUT2D eigenvalue weighted by atomic mass is 35.5. The van der Waals surface area contributed by atoms with Crippen LogP contribution in [0.2, 0.25) is 5.02 Å². The molecule has 0 aliphatic carbocycles. The number of rotatable bonds is 2. The quantitative estimate of drug-likeness (QED) is 0.554. The second-order valence-corrected chi connectivity index (χ2v) is 2.51. The molecule has 1 aromatic carbocycles. The fourth-order valence-corrected chi connectivity index (χ4v) is 0.963. The zero-order valence-electron chi connectivity index (χ0n) is 5.66. The minimum atomic E-state index is -0.609. The Bertz CT molecular complexity index is 316. The molecule has 0 unspecified atom stereocenters. The number of nitro benzene ring substituents is 1. The zero-order chi connectivity index (χ0) is 9.14. The van der Waals surface area contributed by atoms with Gasteiger partial charge in [-0.2, -0.15) is 0 Å². The molecule has 6 heteroatoms. The molecule has 0 atom stereocenters. The van der Waals surface area contributed by atoms with Crippen molar-refractivity contribution in [3.8, 4) is 5.75 Å². The Hall–Kier alpha value is -1.00. The molecule has 0 saturated heterocycles. The first kappa shape index (κ1) is 9.09. The third-order valence-corrected chi connectivity index (χ3v) is 1.70. The van der Waals surface area contributed by atoms with Gasteiger partial charge in [0.15, 0.2) is 5.75 Å². The predicted octanol–water partition coefficient (Wildman–Crippen LogP) is 2.78. The van der Waals surface area contributed by atoms with Crippen molar-refractivity contribution in [2.45, 2.75) is 0 Å². The largest absolute Gasteiger partial charge is 0.385 e. The van der Waals surface area contributed by atoms with Crippen LogP contribution in [0.15, 0.2) is 18.2 Å². The van der Waals surface area contributed by atoms with Gasteiger partial charge >= 0.3 is 0 Å². The monoisotopic (exact) mass is 207 g/mol. The van der Waals surface area contributed by atoms with Crippen molar-refractivity contribution in [1.29, 1.82) is 0 Å². The molecule has 12 heavy (non-hydrogen) atoms. The van der Waals surface area contributed by atoms with E-state index in [0.717, 1.165) is 6.07 Å². The Morgan fingerprint density at radius 2 is 2.17 bits per heavy atom. The third kappa shape index (κ3) is 1.78. The van der Waals surface area contributed by atoms with Crippen LogP contribution in [-0.2, 0) is 0 Å². The van der Waals surface area contributed by atoms with Crippen LogP contribution >= 0.6 is 23.5 Å². The van der Waals surface area contributed by atoms with Crippen LogP contribution in [0.25, 0.3) is 0 Å². The molecule has 0 heterocycles. The summed E-state index contributed by atoms with van der Waals surface area (Å²) in [5, 5.41) is 10.4. The first-order valence-corrected chi connectivity index (χ1v) is 3.56. The fraction of sp³-hybridized carbons (Fsp3) is 0. The molecule has 0 radical (unpaired) electrons. The van der Waals surface area contributed by atoms with Crippen LogP contribution in [0.3, 0.4) is 0 Å². The number of nitrogens with zero attached hydrogens (tertiary/aromatic N) is 1. The zero-order valence-corrected chi connectivity index (χ0v) is 7.17. The van der Waals surface area contributed by atoms with Crippen molar-refractivity contribution >= 4 is 29.2 Å². The molecule has 1 aromatic rings. The van der Waals surface area contributed by atoms with Gasteiger partial charge in [-0.15, -0.1) is 0 Å². The molecule has 0 aliphatic rings. The predicted molar refractivity (Wildman–Crippen MR) is 44.6 cm³/mol. The van der Waals surface area contributed by atoms with Crippen LogP contribution in [-0.4, -0.2) is 4.92 Å². The van der Waals surface area contributed by atoms with Crippen molar-refractivity contribution in [3.05, 3.63) is 33.3 Å². The molecule has 4 nitrogen and oxygen atoms in total. The van der Waals surface area contributed by atoms with Gasteiger partial charge in [0.05, 0.1) is 11.0 Å². The van der Waals surface area contributed by atoms with Crippen molar-refractivity contribution in [2.24, 2.45) is 0 Å². The highest BCUT2D eigenvalue weighted by molar-refractivity contribution is 6.32. The van der Waals surface area contributed by atoms with E-state index in [9.17, 15) is 10.1 Å². The smallest absolute Gasteiger partial charge is 0.291 e. The Labute approximate surface area is 78.0 Å². The number of benzene rings is 1. The van der Waals surface area contributed by atoms with Crippen LogP contribution < -0.4 is 4.29 Å². The molecule has 0 fully saturated rings. The van der Waals surface area contributed by atoms with Gasteiger partial charge in [0.25, 0.3) is 5.69 Å². The minimum Gasteiger partial charge on any atom is -0.385 e. The summed E-state index contributed by atoms with van der Waals surface area (Å²) < 4.78 is 4.27. The fourth-order valence-electron chi connectivity index (χ4n) is 0.680. The molecule has 0 N–H and O–H groups in total. The van der Waals surface area contributed by atoms with E-state index in [-0.39, 0.29) is 16.5 Å². The summed E-state index contributed by atoms with van der Waals surface area (Å²) in [6, 6.07) is 3.93. The van der Waals surface area contributed by atoms with Gasteiger partial charge in [-0.25, -0.2) is 0 Å². The van der Waals surface area contributed by atoms with Crippen molar-refractivity contribution in [2.75, 3.05) is 0 Å². The molecule has 64 valence electrons. The second kappa shape index (κ2) is 3.60. The normalized spacial score (nSPS) is 9.50. The van der Waals surface area contributed by atoms with E-state index < -0.39 is 4.92 Å². The van der Waals surface area contributed by atoms with Gasteiger partial charge < -0.3 is 4.29 Å². The maximum Gasteiger partial charge on any atom is 0.291 e. The second-order valence-electron chi connectivity index (χ2n) is 1.95. The van der Waals surface area contributed by atoms with Crippen molar-refractivity contribution in [3.63, 3.8) is 0 Å². The summed E-state index contributed by atoms with van der Waals surface area (Å²) >= 11 is 10.5. The van der Waals surface area contributed by atoms with Crippen LogP contribution in [0, 0.1) is 10.1 Å². The highest BCUT2D eigenvalue weighted by Crippen LogP contribution is 2.28. The summed E-state index contributed by atoms with van der Waals surface area (Å²) in [6.07, 6.45) is 0. The molecule has 0 spiro atoms. The summed E-state index contributed by atoms with van der Waals surface area (Å²) in [5.41, 5.74) is -0.227. The Morgan fingerprint density at radius 1 is 1.50 bits per heavy atom. The van der Waals surface area contributed by atoms with Crippen molar-refractivity contribution < 1.29 is 9.21 Å². The summed E-state index contributed by atoms with van der Waals surface area (Å²) in [7, 11) is 0. The molecule has 0 bridgehead atoms. The maximum atomic E-state index is 10.3. The topological polar surface area (TPSA) is 52.4 Å². The number of nitro groups is 1. The molecular formula is C6H3Cl2NO3. The van der Waals surface area contributed by atoms with Gasteiger partial charge in [0.2, 0.25) is 0 Å². The lowest BCUT2D eigenvalue weighted by atomic mass is 10.3. The minimum absolute atomic E-state index is 0.0532. The lowest BCUT2D eigenvalue weighted by Gasteiger charge is -1.96. The van der Waals surface area contributed by atoms with Crippen molar-refractivity contribution in [1.82, 2.24) is 0 Å². The first-order chi connectivity index (χ1) is 5.65. The maximum absolute atomic E-state index is 10.3. The Morgan fingerprint density at radius 3 is 2.67 bits per heavy atom. The molecule has 0 aromatic heterocycles. The van der Waals surface area contributed by atoms with E-state index in [0.29, 0.717) is 0 Å². The van der Waals surface area contributed by atoms with E-state index in [1.54, 1.807) is 0 Å². The number of hydrogen-bond acceptors (Lipinski definition) is 3. The van der Waals surface area contributed by atoms with E-state index in [1.807, 2.05) is 0 Å². The molecule has 0 saturated carbocycles. The average Bonchev–Trinajstić information content (AvgIpc) is 2.05. The van der Waals surface area contributed by atoms with Crippen LogP contribution in [0.5, 0.6) is 5.75 Å². The molecule has 1 rings (SSSR count). The number of halogens is 2. The van der Waals surface area contributed by atoms with Gasteiger partial charge in [0.1, 0.15) is 16.9 Å². The summed E-state index contributed by atoms with van der Waals surface area (Å²) in [4.78, 5) is 9.70. The van der Waals surface area contributed by atoms with E-state index in [1.165, 1.54) is 12.1 Å².